The normalized spacial score (nSPS) is 14.2. The number of carbonyl (C=O) groups excluding carboxylic acids is 3. The van der Waals surface area contributed by atoms with Gasteiger partial charge in [-0.25, -0.2) is 4.79 Å². The largest absolute Gasteiger partial charge is 0.450 e. The van der Waals surface area contributed by atoms with Gasteiger partial charge < -0.3 is 9.15 Å². The fourth-order valence-electron chi connectivity index (χ4n) is 2.42. The number of fused-ring (bicyclic) bond motifs is 1. The molecule has 1 aliphatic heterocycles. The van der Waals surface area contributed by atoms with Crippen LogP contribution in [0.15, 0.2) is 33.5 Å². The minimum Gasteiger partial charge on any atom is -0.450 e. The summed E-state index contributed by atoms with van der Waals surface area (Å²) in [7, 11) is 0. The van der Waals surface area contributed by atoms with Crippen molar-refractivity contribution in [3.63, 3.8) is 0 Å². The second-order valence-corrected chi connectivity index (χ2v) is 5.67. The zero-order chi connectivity index (χ0) is 17.3. The Morgan fingerprint density at radius 2 is 2.04 bits per heavy atom. The molecule has 0 radical (unpaired) electrons. The van der Waals surface area contributed by atoms with Gasteiger partial charge in [0.25, 0.3) is 5.91 Å². The van der Waals surface area contributed by atoms with Gasteiger partial charge in [0.1, 0.15) is 5.58 Å². The average molecular weight is 350 g/mol. The van der Waals surface area contributed by atoms with E-state index >= 15 is 0 Å². The lowest BCUT2D eigenvalue weighted by Crippen LogP contribution is -2.35. The number of ether oxygens (including phenoxy) is 1. The highest BCUT2D eigenvalue weighted by Crippen LogP contribution is 2.18. The number of amides is 2. The van der Waals surface area contributed by atoms with Gasteiger partial charge in [-0.1, -0.05) is 11.6 Å². The summed E-state index contributed by atoms with van der Waals surface area (Å²) in [5.74, 6) is -2.16. The van der Waals surface area contributed by atoms with Crippen LogP contribution in [0.3, 0.4) is 0 Å². The van der Waals surface area contributed by atoms with Gasteiger partial charge in [0.15, 0.2) is 12.0 Å². The number of esters is 1. The smallest absolute Gasteiger partial charge is 0.374 e. The van der Waals surface area contributed by atoms with Crippen LogP contribution in [-0.4, -0.2) is 35.8 Å². The molecule has 2 amide bonds. The molecule has 3 rings (SSSR count). The molecule has 0 saturated carbocycles. The first-order valence-electron chi connectivity index (χ1n) is 7.19. The van der Waals surface area contributed by atoms with E-state index in [4.69, 9.17) is 20.8 Å². The van der Waals surface area contributed by atoms with Crippen LogP contribution < -0.4 is 5.43 Å². The highest BCUT2D eigenvalue weighted by atomic mass is 35.5. The van der Waals surface area contributed by atoms with E-state index in [1.807, 2.05) is 0 Å². The van der Waals surface area contributed by atoms with E-state index in [0.29, 0.717) is 24.4 Å². The number of imide groups is 1. The summed E-state index contributed by atoms with van der Waals surface area (Å²) >= 11 is 5.81. The van der Waals surface area contributed by atoms with Crippen molar-refractivity contribution in [1.29, 1.82) is 0 Å². The Morgan fingerprint density at radius 1 is 1.25 bits per heavy atom. The van der Waals surface area contributed by atoms with Gasteiger partial charge >= 0.3 is 5.97 Å². The molecule has 0 bridgehead atoms. The van der Waals surface area contributed by atoms with Crippen molar-refractivity contribution in [1.82, 2.24) is 4.90 Å². The summed E-state index contributed by atoms with van der Waals surface area (Å²) in [4.78, 5) is 48.3. The van der Waals surface area contributed by atoms with Crippen LogP contribution in [0.1, 0.15) is 23.4 Å². The van der Waals surface area contributed by atoms with Gasteiger partial charge in [0.2, 0.25) is 11.7 Å². The third-order valence-corrected chi connectivity index (χ3v) is 3.83. The number of hydrogen-bond donors (Lipinski definition) is 0. The summed E-state index contributed by atoms with van der Waals surface area (Å²) in [5, 5.41) is 0.601. The fourth-order valence-corrected chi connectivity index (χ4v) is 2.59. The van der Waals surface area contributed by atoms with Crippen LogP contribution in [0.2, 0.25) is 5.02 Å². The van der Waals surface area contributed by atoms with Crippen molar-refractivity contribution < 1.29 is 23.5 Å². The van der Waals surface area contributed by atoms with Gasteiger partial charge in [-0.05, 0) is 24.6 Å². The second kappa shape index (κ2) is 6.45. The summed E-state index contributed by atoms with van der Waals surface area (Å²) in [6.07, 6.45) is 0.905. The maximum absolute atomic E-state index is 12.0. The summed E-state index contributed by atoms with van der Waals surface area (Å²) in [6.45, 7) is -0.270. The molecule has 124 valence electrons. The molecule has 0 N–H and O–H groups in total. The Balaban J connectivity index is 1.74. The second-order valence-electron chi connectivity index (χ2n) is 5.23. The first kappa shape index (κ1) is 16.2. The van der Waals surface area contributed by atoms with Gasteiger partial charge in [-0.2, -0.15) is 0 Å². The van der Waals surface area contributed by atoms with Crippen molar-refractivity contribution >= 4 is 40.4 Å². The number of carbonyl (C=O) groups is 3. The molecule has 1 aromatic heterocycles. The number of nitrogens with zero attached hydrogens (tertiary/aromatic N) is 1. The number of halogens is 1. The maximum Gasteiger partial charge on any atom is 0.374 e. The van der Waals surface area contributed by atoms with Crippen LogP contribution in [0.25, 0.3) is 11.0 Å². The third kappa shape index (κ3) is 3.16. The lowest BCUT2D eigenvalue weighted by atomic mass is 10.2. The topological polar surface area (TPSA) is 93.9 Å². The predicted molar refractivity (Wildman–Crippen MR) is 83.7 cm³/mol. The van der Waals surface area contributed by atoms with Crippen molar-refractivity contribution in [2.24, 2.45) is 0 Å². The Kier molecular flexibility index (Phi) is 4.35. The molecule has 2 heterocycles. The van der Waals surface area contributed by atoms with Crippen molar-refractivity contribution in [3.8, 4) is 0 Å². The summed E-state index contributed by atoms with van der Waals surface area (Å²) in [6, 6.07) is 5.39. The van der Waals surface area contributed by atoms with Crippen LogP contribution >= 0.6 is 11.6 Å². The Bertz CT molecular complexity index is 903. The van der Waals surface area contributed by atoms with E-state index in [1.54, 1.807) is 0 Å². The Hall–Kier alpha value is -2.67. The molecule has 1 aliphatic rings. The zero-order valence-electron chi connectivity index (χ0n) is 12.4. The van der Waals surface area contributed by atoms with Crippen LogP contribution in [0.5, 0.6) is 0 Å². The van der Waals surface area contributed by atoms with Gasteiger partial charge in [-0.15, -0.1) is 0 Å². The molecule has 7 nitrogen and oxygen atoms in total. The van der Waals surface area contributed by atoms with Crippen LogP contribution in [0, 0.1) is 0 Å². The standard InChI is InChI=1S/C16H12ClNO6/c17-9-3-4-12-10(6-9)11(19)7-13(24-12)16(22)23-8-15(21)18-5-1-2-14(18)20/h3-4,6-7H,1-2,5,8H2. The summed E-state index contributed by atoms with van der Waals surface area (Å²) < 4.78 is 10.2. The maximum atomic E-state index is 12.0. The number of benzene rings is 1. The fraction of sp³-hybridized carbons (Fsp3) is 0.250. The van der Waals surface area contributed by atoms with E-state index in [2.05, 4.69) is 0 Å². The Labute approximate surface area is 140 Å². The molecule has 24 heavy (non-hydrogen) atoms. The monoisotopic (exact) mass is 349 g/mol. The molecule has 0 spiro atoms. The predicted octanol–water partition coefficient (Wildman–Crippen LogP) is 1.75. The average Bonchev–Trinajstić information content (AvgIpc) is 2.99. The van der Waals surface area contributed by atoms with E-state index < -0.39 is 23.9 Å². The van der Waals surface area contributed by atoms with Crippen molar-refractivity contribution in [3.05, 3.63) is 45.3 Å². The number of rotatable bonds is 3. The third-order valence-electron chi connectivity index (χ3n) is 3.59. The SMILES string of the molecule is O=C(OCC(=O)N1CCCC1=O)c1cc(=O)c2cc(Cl)ccc2o1. The van der Waals surface area contributed by atoms with Gasteiger partial charge in [0.05, 0.1) is 5.39 Å². The van der Waals surface area contributed by atoms with E-state index in [1.165, 1.54) is 18.2 Å². The number of hydrogen-bond acceptors (Lipinski definition) is 6. The van der Waals surface area contributed by atoms with E-state index in [0.717, 1.165) is 11.0 Å². The molecule has 1 fully saturated rings. The quantitative estimate of drug-likeness (QED) is 0.784. The molecule has 2 aromatic rings. The molecule has 0 aliphatic carbocycles. The first-order valence-corrected chi connectivity index (χ1v) is 7.57. The minimum absolute atomic E-state index is 0.180. The molecule has 1 saturated heterocycles. The molecule has 8 heteroatoms. The van der Waals surface area contributed by atoms with E-state index in [-0.39, 0.29) is 22.6 Å². The summed E-state index contributed by atoms with van der Waals surface area (Å²) in [5.41, 5.74) is -0.272. The molecule has 1 aromatic carbocycles. The van der Waals surface area contributed by atoms with E-state index in [9.17, 15) is 19.2 Å². The molecular formula is C16H12ClNO6. The number of likely N-dealkylation sites (tertiary alicyclic amines) is 1. The highest BCUT2D eigenvalue weighted by molar-refractivity contribution is 6.31. The van der Waals surface area contributed by atoms with Gasteiger partial charge in [0, 0.05) is 24.1 Å². The minimum atomic E-state index is -0.955. The lowest BCUT2D eigenvalue weighted by molar-refractivity contribution is -0.143. The lowest BCUT2D eigenvalue weighted by Gasteiger charge is -2.13. The first-order chi connectivity index (χ1) is 11.5. The molecular weight excluding hydrogens is 338 g/mol. The van der Waals surface area contributed by atoms with Crippen molar-refractivity contribution in [2.75, 3.05) is 13.2 Å². The van der Waals surface area contributed by atoms with Crippen LogP contribution in [0.4, 0.5) is 0 Å². The van der Waals surface area contributed by atoms with Crippen molar-refractivity contribution in [2.45, 2.75) is 12.8 Å². The molecule has 0 atom stereocenters. The Morgan fingerprint density at radius 3 is 2.75 bits per heavy atom. The zero-order valence-corrected chi connectivity index (χ0v) is 13.2. The van der Waals surface area contributed by atoms with Crippen LogP contribution in [-0.2, 0) is 14.3 Å². The highest BCUT2D eigenvalue weighted by Gasteiger charge is 2.27. The molecule has 0 unspecified atom stereocenters. The van der Waals surface area contributed by atoms with Gasteiger partial charge in [-0.3, -0.25) is 19.3 Å².